The Bertz CT molecular complexity index is 338. The zero-order valence-electron chi connectivity index (χ0n) is 11.3. The second-order valence-corrected chi connectivity index (χ2v) is 4.53. The van der Waals surface area contributed by atoms with Crippen molar-refractivity contribution < 1.29 is 14.4 Å². The summed E-state index contributed by atoms with van der Waals surface area (Å²) in [7, 11) is 0. The van der Waals surface area contributed by atoms with E-state index in [1.54, 1.807) is 4.90 Å². The number of nitrogens with zero attached hydrogens (tertiary/aromatic N) is 1. The van der Waals surface area contributed by atoms with Crippen LogP contribution in [0.1, 0.15) is 19.8 Å². The number of carbonyl (C=O) groups is 3. The number of carbonyl (C=O) groups excluding carboxylic acids is 3. The summed E-state index contributed by atoms with van der Waals surface area (Å²) in [6.07, 6.45) is 1.34. The van der Waals surface area contributed by atoms with Gasteiger partial charge in [0, 0.05) is 25.6 Å². The number of rotatable bonds is 5. The van der Waals surface area contributed by atoms with E-state index in [9.17, 15) is 14.4 Å². The summed E-state index contributed by atoms with van der Waals surface area (Å²) in [6.45, 7) is 3.48. The molecule has 108 valence electrons. The lowest BCUT2D eigenvalue weighted by Crippen LogP contribution is -2.47. The van der Waals surface area contributed by atoms with Gasteiger partial charge in [0.2, 0.25) is 17.7 Å². The number of likely N-dealkylation sites (tertiary alicyclic amines) is 1. The molecule has 0 atom stereocenters. The maximum Gasteiger partial charge on any atom is 0.241 e. The molecular formula is C12H22N4O3. The van der Waals surface area contributed by atoms with E-state index < -0.39 is 0 Å². The molecule has 1 aliphatic rings. The van der Waals surface area contributed by atoms with E-state index in [0.29, 0.717) is 32.5 Å². The molecule has 7 heteroatoms. The fourth-order valence-electron chi connectivity index (χ4n) is 2.07. The van der Waals surface area contributed by atoms with Crippen LogP contribution in [0.25, 0.3) is 0 Å². The number of hydrogen-bond acceptors (Lipinski definition) is 4. The van der Waals surface area contributed by atoms with Gasteiger partial charge in [-0.15, -0.1) is 0 Å². The van der Waals surface area contributed by atoms with Gasteiger partial charge in [0.1, 0.15) is 0 Å². The highest BCUT2D eigenvalue weighted by Gasteiger charge is 2.26. The van der Waals surface area contributed by atoms with Crippen LogP contribution in [0.3, 0.4) is 0 Å². The molecule has 19 heavy (non-hydrogen) atoms. The van der Waals surface area contributed by atoms with E-state index in [1.165, 1.54) is 0 Å². The third-order valence-corrected chi connectivity index (χ3v) is 3.19. The topological polar surface area (TPSA) is 105 Å². The number of nitrogens with one attached hydrogen (secondary N) is 2. The third kappa shape index (κ3) is 4.86. The molecule has 0 aromatic rings. The summed E-state index contributed by atoms with van der Waals surface area (Å²) in [6, 6.07) is 0. The first-order valence-electron chi connectivity index (χ1n) is 6.60. The molecule has 1 heterocycles. The molecule has 0 spiro atoms. The number of hydrogen-bond donors (Lipinski definition) is 3. The first kappa shape index (κ1) is 15.4. The Balaban J connectivity index is 2.31. The molecule has 1 saturated heterocycles. The van der Waals surface area contributed by atoms with Crippen LogP contribution in [0.2, 0.25) is 0 Å². The fraction of sp³-hybridized carbons (Fsp3) is 0.750. The van der Waals surface area contributed by atoms with Crippen LogP contribution in [-0.4, -0.2) is 55.3 Å². The molecule has 1 rings (SSSR count). The highest BCUT2D eigenvalue weighted by molar-refractivity contribution is 5.85. The van der Waals surface area contributed by atoms with E-state index in [4.69, 9.17) is 5.73 Å². The normalized spacial score (nSPS) is 16.0. The van der Waals surface area contributed by atoms with Crippen LogP contribution in [-0.2, 0) is 14.4 Å². The summed E-state index contributed by atoms with van der Waals surface area (Å²) < 4.78 is 0. The molecule has 0 aromatic heterocycles. The van der Waals surface area contributed by atoms with Gasteiger partial charge in [-0.05, 0) is 19.8 Å². The predicted molar refractivity (Wildman–Crippen MR) is 70.1 cm³/mol. The minimum Gasteiger partial charge on any atom is -0.356 e. The molecule has 0 aliphatic carbocycles. The molecule has 1 aliphatic heterocycles. The van der Waals surface area contributed by atoms with Gasteiger partial charge in [0.15, 0.2) is 0 Å². The first-order chi connectivity index (χ1) is 9.08. The van der Waals surface area contributed by atoms with Crippen LogP contribution in [0.15, 0.2) is 0 Å². The van der Waals surface area contributed by atoms with Crippen molar-refractivity contribution in [2.45, 2.75) is 19.8 Å². The Morgan fingerprint density at radius 3 is 2.37 bits per heavy atom. The minimum atomic E-state index is -0.342. The zero-order valence-corrected chi connectivity index (χ0v) is 11.3. The van der Waals surface area contributed by atoms with Gasteiger partial charge >= 0.3 is 0 Å². The van der Waals surface area contributed by atoms with Crippen molar-refractivity contribution in [3.63, 3.8) is 0 Å². The molecule has 3 amide bonds. The molecule has 1 fully saturated rings. The van der Waals surface area contributed by atoms with E-state index in [-0.39, 0.29) is 36.7 Å². The maximum atomic E-state index is 11.8. The van der Waals surface area contributed by atoms with Gasteiger partial charge in [-0.1, -0.05) is 0 Å². The van der Waals surface area contributed by atoms with Crippen LogP contribution < -0.4 is 16.4 Å². The predicted octanol–water partition coefficient (Wildman–Crippen LogP) is -1.56. The number of piperidine rings is 1. The number of nitrogens with two attached hydrogens (primary N) is 1. The van der Waals surface area contributed by atoms with Gasteiger partial charge < -0.3 is 21.3 Å². The van der Waals surface area contributed by atoms with E-state index in [0.717, 1.165) is 0 Å². The van der Waals surface area contributed by atoms with Crippen molar-refractivity contribution in [1.29, 1.82) is 0 Å². The molecular weight excluding hydrogens is 248 g/mol. The molecule has 0 aromatic carbocycles. The van der Waals surface area contributed by atoms with E-state index in [1.807, 2.05) is 6.92 Å². The van der Waals surface area contributed by atoms with Crippen LogP contribution in [0, 0.1) is 5.92 Å². The van der Waals surface area contributed by atoms with Crippen molar-refractivity contribution >= 4 is 17.7 Å². The van der Waals surface area contributed by atoms with Gasteiger partial charge in [0.05, 0.1) is 13.1 Å². The summed E-state index contributed by atoms with van der Waals surface area (Å²) in [4.78, 5) is 36.1. The Morgan fingerprint density at radius 2 is 1.84 bits per heavy atom. The lowest BCUT2D eigenvalue weighted by molar-refractivity contribution is -0.136. The third-order valence-electron chi connectivity index (χ3n) is 3.19. The Hall–Kier alpha value is -1.63. The van der Waals surface area contributed by atoms with Crippen molar-refractivity contribution in [2.75, 3.05) is 32.7 Å². The molecule has 7 nitrogen and oxygen atoms in total. The second kappa shape index (κ2) is 7.73. The van der Waals surface area contributed by atoms with E-state index in [2.05, 4.69) is 10.6 Å². The zero-order chi connectivity index (χ0) is 14.3. The lowest BCUT2D eigenvalue weighted by atomic mass is 9.96. The van der Waals surface area contributed by atoms with Gasteiger partial charge in [-0.2, -0.15) is 0 Å². The van der Waals surface area contributed by atoms with Crippen LogP contribution in [0.5, 0.6) is 0 Å². The molecule has 0 saturated carbocycles. The Morgan fingerprint density at radius 1 is 1.21 bits per heavy atom. The molecule has 4 N–H and O–H groups in total. The van der Waals surface area contributed by atoms with Gasteiger partial charge in [-0.25, -0.2) is 0 Å². The quantitative estimate of drug-likeness (QED) is 0.561. The molecule has 0 unspecified atom stereocenters. The molecule has 0 radical (unpaired) electrons. The first-order valence-corrected chi connectivity index (χ1v) is 6.60. The summed E-state index contributed by atoms with van der Waals surface area (Å²) >= 11 is 0. The second-order valence-electron chi connectivity index (χ2n) is 4.53. The van der Waals surface area contributed by atoms with Gasteiger partial charge in [-0.3, -0.25) is 14.4 Å². The monoisotopic (exact) mass is 270 g/mol. The maximum absolute atomic E-state index is 11.8. The van der Waals surface area contributed by atoms with Crippen molar-refractivity contribution in [3.8, 4) is 0 Å². The Labute approximate surface area is 112 Å². The van der Waals surface area contributed by atoms with Crippen molar-refractivity contribution in [1.82, 2.24) is 15.5 Å². The Kier molecular flexibility index (Phi) is 6.27. The smallest absolute Gasteiger partial charge is 0.241 e. The van der Waals surface area contributed by atoms with Gasteiger partial charge in [0.25, 0.3) is 0 Å². The standard InChI is InChI=1S/C12H22N4O3/c1-2-14-12(19)9-3-5-16(6-4-9)11(18)8-15-10(17)7-13/h9H,2-8,13H2,1H3,(H,14,19)(H,15,17). The average Bonchev–Trinajstić information content (AvgIpc) is 2.44. The SMILES string of the molecule is CCNC(=O)C1CCN(C(=O)CNC(=O)CN)CC1. The summed E-state index contributed by atoms with van der Waals surface area (Å²) in [5.41, 5.74) is 5.14. The largest absolute Gasteiger partial charge is 0.356 e. The fourth-order valence-corrected chi connectivity index (χ4v) is 2.07. The summed E-state index contributed by atoms with van der Waals surface area (Å²) in [5, 5.41) is 5.24. The van der Waals surface area contributed by atoms with Crippen molar-refractivity contribution in [3.05, 3.63) is 0 Å². The van der Waals surface area contributed by atoms with Crippen molar-refractivity contribution in [2.24, 2.45) is 11.7 Å². The van der Waals surface area contributed by atoms with Crippen LogP contribution in [0.4, 0.5) is 0 Å². The highest BCUT2D eigenvalue weighted by Crippen LogP contribution is 2.17. The minimum absolute atomic E-state index is 0.0115. The average molecular weight is 270 g/mol. The summed E-state index contributed by atoms with van der Waals surface area (Å²) in [5.74, 6) is -0.421. The lowest BCUT2D eigenvalue weighted by Gasteiger charge is -2.31. The highest BCUT2D eigenvalue weighted by atomic mass is 16.2. The van der Waals surface area contributed by atoms with E-state index >= 15 is 0 Å². The molecule has 0 bridgehead atoms. The number of amides is 3. The van der Waals surface area contributed by atoms with Crippen LogP contribution >= 0.6 is 0 Å².